The van der Waals surface area contributed by atoms with E-state index in [0.29, 0.717) is 0 Å². The van der Waals surface area contributed by atoms with Gasteiger partial charge in [0.05, 0.1) is 11.0 Å². The maximum atomic E-state index is 2.50. The van der Waals surface area contributed by atoms with Crippen LogP contribution in [0.2, 0.25) is 0 Å². The third-order valence-corrected chi connectivity index (χ3v) is 11.0. The van der Waals surface area contributed by atoms with Gasteiger partial charge in [0.15, 0.2) is 0 Å². The predicted molar refractivity (Wildman–Crippen MR) is 187 cm³/mol. The number of aryl methyl sites for hydroxylation is 2. The third kappa shape index (κ3) is 3.16. The molecule has 0 saturated carbocycles. The van der Waals surface area contributed by atoms with Crippen molar-refractivity contribution in [2.75, 3.05) is 0 Å². The van der Waals surface area contributed by atoms with Gasteiger partial charge in [0.25, 0.3) is 0 Å². The van der Waals surface area contributed by atoms with Crippen molar-refractivity contribution in [3.63, 3.8) is 0 Å². The summed E-state index contributed by atoms with van der Waals surface area (Å²) in [4.78, 5) is 1.43. The summed E-state index contributed by atoms with van der Waals surface area (Å²) in [5, 5.41) is 12.1. The summed E-state index contributed by atoms with van der Waals surface area (Å²) in [6, 6.07) is 41.1. The van der Waals surface area contributed by atoms with E-state index in [1.807, 2.05) is 11.3 Å². The molecule has 2 heterocycles. The Morgan fingerprint density at radius 2 is 1.44 bits per heavy atom. The molecule has 1 aliphatic rings. The molecule has 7 aromatic carbocycles. The van der Waals surface area contributed by atoms with Gasteiger partial charge in [0, 0.05) is 31.4 Å². The van der Waals surface area contributed by atoms with Crippen LogP contribution >= 0.6 is 11.3 Å². The van der Waals surface area contributed by atoms with Crippen molar-refractivity contribution in [2.24, 2.45) is 0 Å². The molecule has 2 aromatic heterocycles. The summed E-state index contributed by atoms with van der Waals surface area (Å²) in [6.45, 7) is 2.25. The number of allylic oxidation sites excluding steroid dienone is 1. The lowest BCUT2D eigenvalue weighted by Crippen LogP contribution is -1.95. The van der Waals surface area contributed by atoms with Crippen molar-refractivity contribution in [3.8, 4) is 16.8 Å². The zero-order chi connectivity index (χ0) is 28.2. The molecule has 10 rings (SSSR count). The van der Waals surface area contributed by atoms with E-state index in [1.54, 1.807) is 0 Å². The molecule has 2 heteroatoms. The second-order valence-electron chi connectivity index (χ2n) is 12.0. The fraction of sp³-hybridized carbons (Fsp3) is 0.0732. The monoisotopic (exact) mass is 565 g/mol. The maximum absolute atomic E-state index is 2.50. The molecule has 0 radical (unpaired) electrons. The Bertz CT molecular complexity index is 2590. The third-order valence-electron chi connectivity index (χ3n) is 9.72. The fourth-order valence-corrected chi connectivity index (χ4v) is 9.14. The van der Waals surface area contributed by atoms with Crippen LogP contribution < -0.4 is 0 Å². The summed E-state index contributed by atoms with van der Waals surface area (Å²) < 4.78 is 3.91. The topological polar surface area (TPSA) is 4.93 Å². The standard InChI is InChI=1S/C41H27NS/c1-24-7-4-13-35-37(24)34-23-28-16-15-26-8-5-9-27-19-22-33(39(28)38(26)27)40(34)42(35)29-20-17-25(18-21-29)30-11-6-12-32-31-10-2-3-14-36(31)43-41(30)32/h3-9,11-23H,2,10H2,1H3. The molecule has 0 fully saturated rings. The van der Waals surface area contributed by atoms with E-state index in [2.05, 4.69) is 133 Å². The first-order chi connectivity index (χ1) is 21.2. The molecule has 0 N–H and O–H groups in total. The van der Waals surface area contributed by atoms with Crippen LogP contribution in [0.1, 0.15) is 22.4 Å². The quantitative estimate of drug-likeness (QED) is 0.184. The Labute approximate surface area is 253 Å². The molecule has 0 bridgehead atoms. The summed E-state index contributed by atoms with van der Waals surface area (Å²) in [7, 11) is 0. The number of hydrogen-bond acceptors (Lipinski definition) is 1. The van der Waals surface area contributed by atoms with Crippen molar-refractivity contribution in [1.29, 1.82) is 0 Å². The van der Waals surface area contributed by atoms with Crippen molar-refractivity contribution < 1.29 is 0 Å². The molecule has 0 unspecified atom stereocenters. The van der Waals surface area contributed by atoms with E-state index in [9.17, 15) is 0 Å². The van der Waals surface area contributed by atoms with E-state index in [4.69, 9.17) is 0 Å². The highest BCUT2D eigenvalue weighted by Crippen LogP contribution is 2.45. The number of hydrogen-bond donors (Lipinski definition) is 0. The van der Waals surface area contributed by atoms with Crippen LogP contribution in [-0.2, 0) is 6.42 Å². The molecule has 0 atom stereocenters. The van der Waals surface area contributed by atoms with Gasteiger partial charge in [-0.05, 0) is 105 Å². The molecule has 1 aliphatic carbocycles. The largest absolute Gasteiger partial charge is 0.309 e. The fourth-order valence-electron chi connectivity index (χ4n) is 7.82. The number of thiophene rings is 1. The molecule has 0 aliphatic heterocycles. The number of benzene rings is 7. The lowest BCUT2D eigenvalue weighted by Gasteiger charge is -2.14. The lowest BCUT2D eigenvalue weighted by atomic mass is 9.92. The molecule has 1 nitrogen and oxygen atoms in total. The van der Waals surface area contributed by atoms with Crippen LogP contribution in [0, 0.1) is 6.92 Å². The van der Waals surface area contributed by atoms with Gasteiger partial charge in [-0.2, -0.15) is 0 Å². The highest BCUT2D eigenvalue weighted by molar-refractivity contribution is 7.20. The minimum absolute atomic E-state index is 1.14. The first kappa shape index (κ1) is 23.6. The smallest absolute Gasteiger partial charge is 0.0620 e. The molecule has 0 amide bonds. The van der Waals surface area contributed by atoms with Gasteiger partial charge < -0.3 is 4.57 Å². The van der Waals surface area contributed by atoms with Crippen LogP contribution in [-0.4, -0.2) is 4.57 Å². The van der Waals surface area contributed by atoms with E-state index < -0.39 is 0 Å². The van der Waals surface area contributed by atoms with Crippen LogP contribution in [0.4, 0.5) is 0 Å². The predicted octanol–water partition coefficient (Wildman–Crippen LogP) is 11.8. The number of fused-ring (bicyclic) bond motifs is 7. The Morgan fingerprint density at radius 1 is 0.651 bits per heavy atom. The molecular formula is C41H27NS. The zero-order valence-corrected chi connectivity index (χ0v) is 24.6. The molecule has 43 heavy (non-hydrogen) atoms. The van der Waals surface area contributed by atoms with Gasteiger partial charge in [-0.1, -0.05) is 91.0 Å². The molecule has 202 valence electrons. The van der Waals surface area contributed by atoms with E-state index in [-0.39, 0.29) is 0 Å². The molecule has 0 saturated heterocycles. The summed E-state index contributed by atoms with van der Waals surface area (Å²) in [6.07, 6.45) is 6.91. The second kappa shape index (κ2) is 8.56. The average molecular weight is 566 g/mol. The maximum Gasteiger partial charge on any atom is 0.0620 e. The molecule has 9 aromatic rings. The first-order valence-corrected chi connectivity index (χ1v) is 16.0. The van der Waals surface area contributed by atoms with Crippen molar-refractivity contribution in [1.82, 2.24) is 4.57 Å². The van der Waals surface area contributed by atoms with Crippen LogP contribution in [0.25, 0.3) is 87.1 Å². The summed E-state index contributed by atoms with van der Waals surface area (Å²) in [5.74, 6) is 0. The first-order valence-electron chi connectivity index (χ1n) is 15.2. The van der Waals surface area contributed by atoms with Crippen LogP contribution in [0.15, 0.2) is 115 Å². The highest BCUT2D eigenvalue weighted by atomic mass is 32.1. The minimum atomic E-state index is 1.14. The van der Waals surface area contributed by atoms with Crippen molar-refractivity contribution in [2.45, 2.75) is 19.8 Å². The Hall–Kier alpha value is -4.92. The Balaban J connectivity index is 1.25. The van der Waals surface area contributed by atoms with E-state index >= 15 is 0 Å². The van der Waals surface area contributed by atoms with Crippen LogP contribution in [0.5, 0.6) is 0 Å². The molecular weight excluding hydrogens is 539 g/mol. The van der Waals surface area contributed by atoms with Crippen molar-refractivity contribution in [3.05, 3.63) is 131 Å². The normalized spacial score (nSPS) is 13.4. The average Bonchev–Trinajstić information content (AvgIpc) is 3.60. The number of nitrogens with zero attached hydrogens (tertiary/aromatic N) is 1. The molecule has 0 spiro atoms. The summed E-state index contributed by atoms with van der Waals surface area (Å²) >= 11 is 1.94. The van der Waals surface area contributed by atoms with Gasteiger partial charge in [0.2, 0.25) is 0 Å². The second-order valence-corrected chi connectivity index (χ2v) is 13.1. The zero-order valence-electron chi connectivity index (χ0n) is 23.8. The van der Waals surface area contributed by atoms with Gasteiger partial charge in [0.1, 0.15) is 0 Å². The lowest BCUT2D eigenvalue weighted by molar-refractivity contribution is 1.01. The summed E-state index contributed by atoms with van der Waals surface area (Å²) in [5.41, 5.74) is 9.19. The van der Waals surface area contributed by atoms with E-state index in [1.165, 1.54) is 97.0 Å². The minimum Gasteiger partial charge on any atom is -0.309 e. The SMILES string of the molecule is Cc1cccc2c1c1cc3ccc4cccc5ccc(c3c45)c1n2-c1ccc(-c2cccc3c4c(sc23)C=CCC4)cc1. The Morgan fingerprint density at radius 3 is 2.33 bits per heavy atom. The van der Waals surface area contributed by atoms with Crippen molar-refractivity contribution >= 4 is 81.6 Å². The van der Waals surface area contributed by atoms with Gasteiger partial charge in [-0.15, -0.1) is 11.3 Å². The van der Waals surface area contributed by atoms with Crippen LogP contribution in [0.3, 0.4) is 0 Å². The van der Waals surface area contributed by atoms with Gasteiger partial charge in [-0.25, -0.2) is 0 Å². The Kier molecular flexibility index (Phi) is 4.70. The number of aromatic nitrogens is 1. The van der Waals surface area contributed by atoms with E-state index in [0.717, 1.165) is 12.8 Å². The highest BCUT2D eigenvalue weighted by Gasteiger charge is 2.20. The number of rotatable bonds is 2. The van der Waals surface area contributed by atoms with Gasteiger partial charge >= 0.3 is 0 Å². The van der Waals surface area contributed by atoms with Gasteiger partial charge in [-0.3, -0.25) is 0 Å².